The lowest BCUT2D eigenvalue weighted by atomic mass is 9.99. The third-order valence-electron chi connectivity index (χ3n) is 12.2. The summed E-state index contributed by atoms with van der Waals surface area (Å²) < 4.78 is 9.01. The van der Waals surface area contributed by atoms with Gasteiger partial charge in [-0.15, -0.1) is 0 Å². The molecule has 0 atom stereocenters. The second kappa shape index (κ2) is 14.3. The molecule has 2 heterocycles. The van der Waals surface area contributed by atoms with Gasteiger partial charge >= 0.3 is 0 Å². The summed E-state index contributed by atoms with van der Waals surface area (Å²) in [7, 11) is 0. The number of hydrogen-bond donors (Lipinski definition) is 0. The molecule has 0 amide bonds. The van der Waals surface area contributed by atoms with Gasteiger partial charge in [0.1, 0.15) is 11.2 Å². The predicted octanol–water partition coefficient (Wildman–Crippen LogP) is 16.3. The number of fused-ring (bicyclic) bond motifs is 8. The maximum Gasteiger partial charge on any atom is 0.143 e. The van der Waals surface area contributed by atoms with Crippen LogP contribution < -0.4 is 4.90 Å². The normalized spacial score (nSPS) is 11.6. The Bertz CT molecular complexity index is 3580. The van der Waals surface area contributed by atoms with Crippen molar-refractivity contribution in [3.8, 4) is 39.1 Å². The third kappa shape index (κ3) is 5.98. The molecule has 0 N–H and O–H groups in total. The van der Waals surface area contributed by atoms with E-state index in [2.05, 4.69) is 240 Å². The molecular weight excluding hydrogens is 741 g/mol. The molecule has 61 heavy (non-hydrogen) atoms. The van der Waals surface area contributed by atoms with Gasteiger partial charge in [-0.25, -0.2) is 0 Å². The largest absolute Gasteiger partial charge is 0.455 e. The first-order chi connectivity index (χ1) is 30.2. The van der Waals surface area contributed by atoms with Crippen LogP contribution in [0.3, 0.4) is 0 Å². The topological polar surface area (TPSA) is 21.3 Å². The van der Waals surface area contributed by atoms with E-state index < -0.39 is 0 Å². The molecule has 0 aliphatic rings. The van der Waals surface area contributed by atoms with Gasteiger partial charge < -0.3 is 13.9 Å². The maximum atomic E-state index is 6.59. The SMILES string of the molecule is c1ccc(-c2cccc(-c3ccc(N(c4ccc5oc6c7ccccc7ccc6c5c4)c4ccc5c6ccccc6n(-c6cccc(-c7ccccc7)c6)c5c4)cc3)c2)cc1. The highest BCUT2D eigenvalue weighted by Crippen LogP contribution is 2.43. The van der Waals surface area contributed by atoms with Crippen LogP contribution in [0.5, 0.6) is 0 Å². The molecule has 0 bridgehead atoms. The number of nitrogens with zero attached hydrogens (tertiary/aromatic N) is 2. The zero-order chi connectivity index (χ0) is 40.3. The lowest BCUT2D eigenvalue weighted by molar-refractivity contribution is 0.672. The van der Waals surface area contributed by atoms with Crippen LogP contribution in [0.1, 0.15) is 0 Å². The summed E-state index contributed by atoms with van der Waals surface area (Å²) in [6.07, 6.45) is 0. The second-order valence-electron chi connectivity index (χ2n) is 15.7. The number of anilines is 3. The van der Waals surface area contributed by atoms with E-state index in [1.807, 2.05) is 0 Å². The first-order valence-corrected chi connectivity index (χ1v) is 20.8. The minimum atomic E-state index is 0.873. The van der Waals surface area contributed by atoms with Crippen molar-refractivity contribution in [3.05, 3.63) is 231 Å². The Morgan fingerprint density at radius 2 is 0.869 bits per heavy atom. The van der Waals surface area contributed by atoms with Crippen LogP contribution in [0.4, 0.5) is 17.1 Å². The quantitative estimate of drug-likeness (QED) is 0.161. The van der Waals surface area contributed by atoms with Gasteiger partial charge in [-0.2, -0.15) is 0 Å². The van der Waals surface area contributed by atoms with Crippen LogP contribution in [0.2, 0.25) is 0 Å². The Kier molecular flexibility index (Phi) is 8.17. The summed E-state index contributed by atoms with van der Waals surface area (Å²) >= 11 is 0. The second-order valence-corrected chi connectivity index (χ2v) is 15.7. The van der Waals surface area contributed by atoms with E-state index in [0.29, 0.717) is 0 Å². The molecule has 0 fully saturated rings. The first-order valence-electron chi connectivity index (χ1n) is 20.8. The van der Waals surface area contributed by atoms with Crippen LogP contribution in [0, 0.1) is 0 Å². The van der Waals surface area contributed by atoms with Crippen molar-refractivity contribution >= 4 is 71.6 Å². The molecule has 12 aromatic rings. The maximum absolute atomic E-state index is 6.59. The van der Waals surface area contributed by atoms with Gasteiger partial charge in [-0.05, 0) is 112 Å². The lowest BCUT2D eigenvalue weighted by Crippen LogP contribution is -2.10. The summed E-state index contributed by atoms with van der Waals surface area (Å²) in [6, 6.07) is 83.0. The fourth-order valence-electron chi connectivity index (χ4n) is 9.22. The zero-order valence-corrected chi connectivity index (χ0v) is 33.2. The Labute approximate surface area is 353 Å². The lowest BCUT2D eigenvalue weighted by Gasteiger charge is -2.26. The number of furan rings is 1. The highest BCUT2D eigenvalue weighted by molar-refractivity contribution is 6.16. The molecule has 0 unspecified atom stereocenters. The van der Waals surface area contributed by atoms with Gasteiger partial charge in [0, 0.05) is 49.7 Å². The fraction of sp³-hybridized carbons (Fsp3) is 0. The summed E-state index contributed by atoms with van der Waals surface area (Å²) in [6.45, 7) is 0. The van der Waals surface area contributed by atoms with Crippen LogP contribution in [-0.4, -0.2) is 4.57 Å². The molecule has 12 rings (SSSR count). The van der Waals surface area contributed by atoms with Crippen LogP contribution in [0.25, 0.3) is 93.6 Å². The molecule has 0 radical (unpaired) electrons. The summed E-state index contributed by atoms with van der Waals surface area (Å²) in [5, 5.41) is 6.92. The first kappa shape index (κ1) is 34.9. The molecule has 0 aliphatic carbocycles. The van der Waals surface area contributed by atoms with E-state index >= 15 is 0 Å². The van der Waals surface area contributed by atoms with E-state index in [0.717, 1.165) is 55.6 Å². The van der Waals surface area contributed by atoms with Crippen LogP contribution in [0.15, 0.2) is 235 Å². The number of aromatic nitrogens is 1. The van der Waals surface area contributed by atoms with Crippen molar-refractivity contribution in [1.82, 2.24) is 4.57 Å². The van der Waals surface area contributed by atoms with Crippen molar-refractivity contribution in [2.45, 2.75) is 0 Å². The van der Waals surface area contributed by atoms with Gasteiger partial charge in [0.25, 0.3) is 0 Å². The average Bonchev–Trinajstić information content (AvgIpc) is 3.88. The zero-order valence-electron chi connectivity index (χ0n) is 33.2. The molecule has 3 nitrogen and oxygen atoms in total. The Morgan fingerprint density at radius 1 is 0.311 bits per heavy atom. The standard InChI is InChI=1S/C58H38N2O/c1-3-13-39(14-4-1)43-18-11-19-44(35-43)41-25-28-46(29-26-41)59(48-31-34-57-54(37-48)53-32-27-42-17-7-8-22-50(42)58(53)61-57)49-30-33-52-51-23-9-10-24-55(51)60(56(52)38-49)47-21-12-20-45(36-47)40-15-5-2-6-16-40/h1-38H. The van der Waals surface area contributed by atoms with Crippen molar-refractivity contribution in [1.29, 1.82) is 0 Å². The fourth-order valence-corrected chi connectivity index (χ4v) is 9.22. The molecule has 10 aromatic carbocycles. The van der Waals surface area contributed by atoms with E-state index in [1.165, 1.54) is 55.1 Å². The smallest absolute Gasteiger partial charge is 0.143 e. The van der Waals surface area contributed by atoms with Gasteiger partial charge in [-0.3, -0.25) is 0 Å². The van der Waals surface area contributed by atoms with Crippen molar-refractivity contribution in [3.63, 3.8) is 0 Å². The van der Waals surface area contributed by atoms with E-state index in [4.69, 9.17) is 4.42 Å². The van der Waals surface area contributed by atoms with E-state index in [9.17, 15) is 0 Å². The van der Waals surface area contributed by atoms with E-state index in [-0.39, 0.29) is 0 Å². The molecule has 0 saturated heterocycles. The molecule has 2 aromatic heterocycles. The summed E-state index contributed by atoms with van der Waals surface area (Å²) in [5.74, 6) is 0. The number of hydrogen-bond acceptors (Lipinski definition) is 2. The number of para-hydroxylation sites is 1. The third-order valence-corrected chi connectivity index (χ3v) is 12.2. The highest BCUT2D eigenvalue weighted by Gasteiger charge is 2.20. The minimum absolute atomic E-state index is 0.873. The average molecular weight is 779 g/mol. The number of benzene rings is 10. The molecule has 0 aliphatic heterocycles. The minimum Gasteiger partial charge on any atom is -0.455 e. The Morgan fingerprint density at radius 3 is 1.64 bits per heavy atom. The Balaban J connectivity index is 1.04. The Hall–Kier alpha value is -8.14. The van der Waals surface area contributed by atoms with Crippen molar-refractivity contribution < 1.29 is 4.42 Å². The van der Waals surface area contributed by atoms with Crippen molar-refractivity contribution in [2.75, 3.05) is 4.90 Å². The van der Waals surface area contributed by atoms with Crippen LogP contribution in [-0.2, 0) is 0 Å². The number of rotatable bonds is 7. The molecule has 0 saturated carbocycles. The highest BCUT2D eigenvalue weighted by atomic mass is 16.3. The van der Waals surface area contributed by atoms with Crippen LogP contribution >= 0.6 is 0 Å². The van der Waals surface area contributed by atoms with Gasteiger partial charge in [-0.1, -0.05) is 158 Å². The summed E-state index contributed by atoms with van der Waals surface area (Å²) in [5.41, 5.74) is 15.5. The summed E-state index contributed by atoms with van der Waals surface area (Å²) in [4.78, 5) is 2.38. The van der Waals surface area contributed by atoms with Gasteiger partial charge in [0.2, 0.25) is 0 Å². The molecule has 286 valence electrons. The molecule has 0 spiro atoms. The van der Waals surface area contributed by atoms with Gasteiger partial charge in [0.15, 0.2) is 0 Å². The van der Waals surface area contributed by atoms with E-state index in [1.54, 1.807) is 0 Å². The van der Waals surface area contributed by atoms with Crippen molar-refractivity contribution in [2.24, 2.45) is 0 Å². The molecule has 3 heteroatoms. The predicted molar refractivity (Wildman–Crippen MR) is 257 cm³/mol. The monoisotopic (exact) mass is 778 g/mol. The molecular formula is C58H38N2O. The van der Waals surface area contributed by atoms with Gasteiger partial charge in [0.05, 0.1) is 11.0 Å².